The van der Waals surface area contributed by atoms with Crippen LogP contribution in [-0.2, 0) is 17.9 Å². The fraction of sp³-hybridized carbons (Fsp3) is 0.333. The molecule has 0 saturated carbocycles. The molecular weight excluding hydrogens is 384 g/mol. The number of nitrogens with one attached hydrogen (secondary N) is 1. The van der Waals surface area contributed by atoms with Gasteiger partial charge in [-0.2, -0.15) is 0 Å². The Kier molecular flexibility index (Phi) is 7.24. The summed E-state index contributed by atoms with van der Waals surface area (Å²) < 4.78 is 2.06. The van der Waals surface area contributed by atoms with Gasteiger partial charge in [0.25, 0.3) is 0 Å². The minimum atomic E-state index is -0.0248. The minimum Gasteiger partial charge on any atom is -0.378 e. The molecule has 29 heavy (non-hydrogen) atoms. The molecule has 0 aliphatic heterocycles. The van der Waals surface area contributed by atoms with Gasteiger partial charge in [0.15, 0.2) is 11.0 Å². The van der Waals surface area contributed by atoms with Crippen LogP contribution in [-0.4, -0.2) is 45.5 Å². The van der Waals surface area contributed by atoms with E-state index in [-0.39, 0.29) is 5.91 Å². The summed E-state index contributed by atoms with van der Waals surface area (Å²) in [7, 11) is 4.01. The van der Waals surface area contributed by atoms with Crippen molar-refractivity contribution in [1.29, 1.82) is 0 Å². The largest absolute Gasteiger partial charge is 0.378 e. The van der Waals surface area contributed by atoms with Crippen LogP contribution in [0.2, 0.25) is 0 Å². The van der Waals surface area contributed by atoms with Crippen LogP contribution >= 0.6 is 11.8 Å². The molecule has 0 saturated heterocycles. The van der Waals surface area contributed by atoms with Crippen molar-refractivity contribution in [3.63, 3.8) is 0 Å². The molecule has 3 rings (SSSR count). The van der Waals surface area contributed by atoms with Gasteiger partial charge in [0.1, 0.15) is 0 Å². The standard InChI is InChI=1S/C21H26N6OS/c1-4-13-27-20(17-9-11-22-12-10-17)24-25-21(27)29-15-19(28)23-14-16-5-7-18(8-6-16)26(2)3/h5-12H,4,13-15H2,1-3H3,(H,23,28). The van der Waals surface area contributed by atoms with Crippen LogP contribution in [0.5, 0.6) is 0 Å². The number of pyridine rings is 1. The lowest BCUT2D eigenvalue weighted by Crippen LogP contribution is -2.24. The van der Waals surface area contributed by atoms with Crippen LogP contribution in [0.25, 0.3) is 11.4 Å². The highest BCUT2D eigenvalue weighted by Gasteiger charge is 2.15. The van der Waals surface area contributed by atoms with Crippen LogP contribution in [0.4, 0.5) is 5.69 Å². The average molecular weight is 411 g/mol. The fourth-order valence-electron chi connectivity index (χ4n) is 2.83. The first-order chi connectivity index (χ1) is 14.1. The normalized spacial score (nSPS) is 10.7. The number of hydrogen-bond donors (Lipinski definition) is 1. The van der Waals surface area contributed by atoms with E-state index in [0.29, 0.717) is 12.3 Å². The first kappa shape index (κ1) is 20.9. The number of benzene rings is 1. The second-order valence-corrected chi connectivity index (χ2v) is 7.76. The third-order valence-electron chi connectivity index (χ3n) is 4.38. The third-order valence-corrected chi connectivity index (χ3v) is 5.34. The Morgan fingerprint density at radius 3 is 2.48 bits per heavy atom. The van der Waals surface area contributed by atoms with Crippen LogP contribution < -0.4 is 10.2 Å². The summed E-state index contributed by atoms with van der Waals surface area (Å²) in [6, 6.07) is 12.0. The Labute approximate surface area is 175 Å². The highest BCUT2D eigenvalue weighted by Crippen LogP contribution is 2.24. The van der Waals surface area contributed by atoms with Crippen molar-refractivity contribution < 1.29 is 4.79 Å². The summed E-state index contributed by atoms with van der Waals surface area (Å²) in [6.07, 6.45) is 4.44. The lowest BCUT2D eigenvalue weighted by atomic mass is 10.2. The van der Waals surface area contributed by atoms with Crippen molar-refractivity contribution in [2.45, 2.75) is 31.6 Å². The first-order valence-corrected chi connectivity index (χ1v) is 10.6. The van der Waals surface area contributed by atoms with Gasteiger partial charge in [-0.1, -0.05) is 30.8 Å². The summed E-state index contributed by atoms with van der Waals surface area (Å²) in [6.45, 7) is 3.42. The number of anilines is 1. The van der Waals surface area contributed by atoms with E-state index < -0.39 is 0 Å². The van der Waals surface area contributed by atoms with E-state index in [1.807, 2.05) is 55.4 Å². The molecule has 0 bridgehead atoms. The molecule has 0 spiro atoms. The molecule has 1 amide bonds. The summed E-state index contributed by atoms with van der Waals surface area (Å²) >= 11 is 1.41. The highest BCUT2D eigenvalue weighted by molar-refractivity contribution is 7.99. The molecule has 2 aromatic heterocycles. The zero-order valence-electron chi connectivity index (χ0n) is 17.0. The van der Waals surface area contributed by atoms with Crippen molar-refractivity contribution in [2.75, 3.05) is 24.7 Å². The van der Waals surface area contributed by atoms with E-state index in [9.17, 15) is 4.79 Å². The lowest BCUT2D eigenvalue weighted by Gasteiger charge is -2.13. The van der Waals surface area contributed by atoms with Crippen molar-refractivity contribution in [2.24, 2.45) is 0 Å². The van der Waals surface area contributed by atoms with E-state index in [1.165, 1.54) is 11.8 Å². The fourth-order valence-corrected chi connectivity index (χ4v) is 3.62. The van der Waals surface area contributed by atoms with E-state index in [2.05, 4.69) is 32.0 Å². The molecule has 0 atom stereocenters. The van der Waals surface area contributed by atoms with Crippen molar-refractivity contribution in [3.05, 3.63) is 54.4 Å². The maximum absolute atomic E-state index is 12.3. The van der Waals surface area contributed by atoms with Crippen molar-refractivity contribution in [1.82, 2.24) is 25.1 Å². The SMILES string of the molecule is CCCn1c(SCC(=O)NCc2ccc(N(C)C)cc2)nnc1-c1ccncc1. The number of rotatable bonds is 9. The molecule has 0 aliphatic carbocycles. The molecule has 152 valence electrons. The number of carbonyl (C=O) groups is 1. The molecular formula is C21H26N6OS. The van der Waals surface area contributed by atoms with E-state index in [4.69, 9.17) is 0 Å². The average Bonchev–Trinajstić information content (AvgIpc) is 3.14. The first-order valence-electron chi connectivity index (χ1n) is 9.58. The second-order valence-electron chi connectivity index (χ2n) is 6.82. The van der Waals surface area contributed by atoms with Crippen molar-refractivity contribution in [3.8, 4) is 11.4 Å². The van der Waals surface area contributed by atoms with Gasteiger partial charge in [0.05, 0.1) is 5.75 Å². The Morgan fingerprint density at radius 1 is 1.10 bits per heavy atom. The number of amides is 1. The zero-order valence-corrected chi connectivity index (χ0v) is 17.8. The topological polar surface area (TPSA) is 75.9 Å². The van der Waals surface area contributed by atoms with Gasteiger partial charge >= 0.3 is 0 Å². The summed E-state index contributed by atoms with van der Waals surface area (Å²) in [5.41, 5.74) is 3.18. The number of hydrogen-bond acceptors (Lipinski definition) is 6. The van der Waals surface area contributed by atoms with E-state index in [1.54, 1.807) is 12.4 Å². The maximum Gasteiger partial charge on any atom is 0.230 e. The molecule has 0 fully saturated rings. The molecule has 2 heterocycles. The number of aromatic nitrogens is 4. The summed E-state index contributed by atoms with van der Waals surface area (Å²) in [5.74, 6) is 1.08. The molecule has 1 aromatic carbocycles. The van der Waals surface area contributed by atoms with Gasteiger partial charge in [-0.05, 0) is 36.2 Å². The number of thioether (sulfide) groups is 1. The summed E-state index contributed by atoms with van der Waals surface area (Å²) in [5, 5.41) is 12.3. The Hall–Kier alpha value is -2.87. The molecule has 8 heteroatoms. The predicted octanol–water partition coefficient (Wildman–Crippen LogP) is 3.22. The predicted molar refractivity (Wildman–Crippen MR) is 117 cm³/mol. The Balaban J connectivity index is 1.58. The molecule has 3 aromatic rings. The molecule has 1 N–H and O–H groups in total. The molecule has 0 aliphatic rings. The molecule has 7 nitrogen and oxygen atoms in total. The van der Waals surface area contributed by atoms with Crippen LogP contribution in [0.1, 0.15) is 18.9 Å². The quantitative estimate of drug-likeness (QED) is 0.546. The Morgan fingerprint density at radius 2 is 1.83 bits per heavy atom. The smallest absolute Gasteiger partial charge is 0.230 e. The van der Waals surface area contributed by atoms with E-state index >= 15 is 0 Å². The Bertz CT molecular complexity index is 924. The van der Waals surface area contributed by atoms with Gasteiger partial charge < -0.3 is 14.8 Å². The number of carbonyl (C=O) groups excluding carboxylic acids is 1. The van der Waals surface area contributed by atoms with Gasteiger partial charge in [0, 0.05) is 50.8 Å². The minimum absolute atomic E-state index is 0.0248. The highest BCUT2D eigenvalue weighted by atomic mass is 32.2. The lowest BCUT2D eigenvalue weighted by molar-refractivity contribution is -0.118. The monoisotopic (exact) mass is 410 g/mol. The van der Waals surface area contributed by atoms with E-state index in [0.717, 1.165) is 40.8 Å². The second kappa shape index (κ2) is 10.1. The van der Waals surface area contributed by atoms with Gasteiger partial charge in [-0.15, -0.1) is 10.2 Å². The van der Waals surface area contributed by atoms with Crippen LogP contribution in [0, 0.1) is 0 Å². The van der Waals surface area contributed by atoms with Gasteiger partial charge in [-0.3, -0.25) is 9.78 Å². The molecule has 0 unspecified atom stereocenters. The van der Waals surface area contributed by atoms with Crippen molar-refractivity contribution >= 4 is 23.4 Å². The molecule has 0 radical (unpaired) electrons. The summed E-state index contributed by atoms with van der Waals surface area (Å²) in [4.78, 5) is 18.4. The maximum atomic E-state index is 12.3. The number of nitrogens with zero attached hydrogens (tertiary/aromatic N) is 5. The van der Waals surface area contributed by atoms with Gasteiger partial charge in [0.2, 0.25) is 5.91 Å². The zero-order chi connectivity index (χ0) is 20.6. The van der Waals surface area contributed by atoms with Crippen LogP contribution in [0.3, 0.4) is 0 Å². The van der Waals surface area contributed by atoms with Gasteiger partial charge in [-0.25, -0.2) is 0 Å². The third kappa shape index (κ3) is 5.57. The van der Waals surface area contributed by atoms with Crippen LogP contribution in [0.15, 0.2) is 53.9 Å².